The summed E-state index contributed by atoms with van der Waals surface area (Å²) in [4.78, 5) is 16.8. The van der Waals surface area contributed by atoms with Crippen molar-refractivity contribution >= 4 is 34.6 Å². The molecule has 1 heterocycles. The summed E-state index contributed by atoms with van der Waals surface area (Å²) in [5, 5.41) is 6.53. The van der Waals surface area contributed by atoms with Crippen molar-refractivity contribution in [1.82, 2.24) is 4.98 Å². The first kappa shape index (κ1) is 19.5. The maximum Gasteiger partial charge on any atom is 0.274 e. The van der Waals surface area contributed by atoms with Gasteiger partial charge in [-0.3, -0.25) is 9.78 Å². The lowest BCUT2D eigenvalue weighted by Crippen LogP contribution is -2.14. The predicted molar refractivity (Wildman–Crippen MR) is 111 cm³/mol. The molecule has 28 heavy (non-hydrogen) atoms. The lowest BCUT2D eigenvalue weighted by molar-refractivity contribution is 0.102. The van der Waals surface area contributed by atoms with Gasteiger partial charge in [0.25, 0.3) is 5.91 Å². The van der Waals surface area contributed by atoms with Crippen LogP contribution in [0.3, 0.4) is 0 Å². The van der Waals surface area contributed by atoms with Gasteiger partial charge in [-0.25, -0.2) is 0 Å². The summed E-state index contributed by atoms with van der Waals surface area (Å²) in [5.41, 5.74) is 2.34. The molecule has 0 aliphatic rings. The van der Waals surface area contributed by atoms with Crippen LogP contribution in [0.5, 0.6) is 11.5 Å². The van der Waals surface area contributed by atoms with Crippen LogP contribution in [0.2, 0.25) is 5.02 Å². The second-order valence-electron chi connectivity index (χ2n) is 5.79. The summed E-state index contributed by atoms with van der Waals surface area (Å²) in [6.07, 6.45) is 1.57. The topological polar surface area (TPSA) is 72.5 Å². The lowest BCUT2D eigenvalue weighted by Gasteiger charge is -2.12. The Balaban J connectivity index is 1.76. The van der Waals surface area contributed by atoms with Crippen molar-refractivity contribution in [3.63, 3.8) is 0 Å². The minimum Gasteiger partial charge on any atom is -0.495 e. The number of amides is 1. The standard InChI is InChI=1S/C21H20ClN3O3/c1-3-28-20-7-5-4-6-17(20)25-21(26)18-13-15(10-11-23-18)24-14-8-9-19(27-2)16(22)12-14/h4-13H,3H2,1-2H3,(H,23,24)(H,25,26). The van der Waals surface area contributed by atoms with Crippen molar-refractivity contribution in [3.8, 4) is 11.5 Å². The number of carbonyl (C=O) groups is 1. The third-order valence-corrected chi connectivity index (χ3v) is 4.16. The van der Waals surface area contributed by atoms with E-state index in [2.05, 4.69) is 15.6 Å². The molecule has 6 nitrogen and oxygen atoms in total. The van der Waals surface area contributed by atoms with Gasteiger partial charge >= 0.3 is 0 Å². The van der Waals surface area contributed by atoms with Crippen molar-refractivity contribution in [2.75, 3.05) is 24.4 Å². The van der Waals surface area contributed by atoms with Crippen LogP contribution in [-0.4, -0.2) is 24.6 Å². The number of methoxy groups -OCH3 is 1. The number of aromatic nitrogens is 1. The van der Waals surface area contributed by atoms with Crippen LogP contribution in [0.4, 0.5) is 17.1 Å². The number of carbonyl (C=O) groups excluding carboxylic acids is 1. The van der Waals surface area contributed by atoms with Gasteiger partial charge in [0, 0.05) is 17.6 Å². The molecule has 0 fully saturated rings. The molecule has 0 saturated carbocycles. The molecule has 0 aliphatic heterocycles. The van der Waals surface area contributed by atoms with E-state index in [0.29, 0.717) is 34.5 Å². The number of pyridine rings is 1. The van der Waals surface area contributed by atoms with E-state index in [9.17, 15) is 4.79 Å². The number of rotatable bonds is 7. The second-order valence-corrected chi connectivity index (χ2v) is 6.19. The average molecular weight is 398 g/mol. The summed E-state index contributed by atoms with van der Waals surface area (Å²) in [6, 6.07) is 16.1. The molecular formula is C21H20ClN3O3. The van der Waals surface area contributed by atoms with Gasteiger partial charge in [-0.2, -0.15) is 0 Å². The number of hydrogen-bond donors (Lipinski definition) is 2. The summed E-state index contributed by atoms with van der Waals surface area (Å²) >= 11 is 6.15. The number of nitrogens with one attached hydrogen (secondary N) is 2. The fourth-order valence-electron chi connectivity index (χ4n) is 2.58. The molecule has 0 unspecified atom stereocenters. The van der Waals surface area contributed by atoms with Crippen LogP contribution in [0, 0.1) is 0 Å². The molecule has 3 aromatic rings. The molecule has 0 radical (unpaired) electrons. The molecule has 0 saturated heterocycles. The van der Waals surface area contributed by atoms with Gasteiger partial charge in [0.2, 0.25) is 0 Å². The predicted octanol–water partition coefficient (Wildman–Crippen LogP) is 5.14. The quantitative estimate of drug-likeness (QED) is 0.577. The highest BCUT2D eigenvalue weighted by atomic mass is 35.5. The molecule has 1 aromatic heterocycles. The van der Waals surface area contributed by atoms with E-state index < -0.39 is 0 Å². The van der Waals surface area contributed by atoms with Gasteiger partial charge < -0.3 is 20.1 Å². The number of benzene rings is 2. The molecule has 3 rings (SSSR count). The van der Waals surface area contributed by atoms with Gasteiger partial charge in [-0.1, -0.05) is 23.7 Å². The minimum absolute atomic E-state index is 0.274. The number of hydrogen-bond acceptors (Lipinski definition) is 5. The molecule has 2 N–H and O–H groups in total. The maximum atomic E-state index is 12.6. The number of nitrogens with zero attached hydrogens (tertiary/aromatic N) is 1. The smallest absolute Gasteiger partial charge is 0.274 e. The zero-order chi connectivity index (χ0) is 19.9. The van der Waals surface area contributed by atoms with Crippen LogP contribution in [0.1, 0.15) is 17.4 Å². The molecule has 1 amide bonds. The van der Waals surface area contributed by atoms with Gasteiger partial charge in [0.1, 0.15) is 17.2 Å². The normalized spacial score (nSPS) is 10.2. The van der Waals surface area contributed by atoms with E-state index in [-0.39, 0.29) is 11.6 Å². The Morgan fingerprint density at radius 1 is 1.07 bits per heavy atom. The third-order valence-electron chi connectivity index (χ3n) is 3.87. The molecule has 0 bridgehead atoms. The Kier molecular flexibility index (Phi) is 6.34. The van der Waals surface area contributed by atoms with Crippen molar-refractivity contribution in [2.45, 2.75) is 6.92 Å². The molecule has 2 aromatic carbocycles. The first-order valence-corrected chi connectivity index (χ1v) is 9.08. The fourth-order valence-corrected chi connectivity index (χ4v) is 2.84. The SMILES string of the molecule is CCOc1ccccc1NC(=O)c1cc(Nc2ccc(OC)c(Cl)c2)ccn1. The lowest BCUT2D eigenvalue weighted by atomic mass is 10.2. The third kappa shape index (κ3) is 4.72. The zero-order valence-corrected chi connectivity index (χ0v) is 16.3. The van der Waals surface area contributed by atoms with Crippen LogP contribution in [0.25, 0.3) is 0 Å². The molecule has 0 atom stereocenters. The Hall–Kier alpha value is -3.25. The minimum atomic E-state index is -0.330. The van der Waals surface area contributed by atoms with E-state index in [1.165, 1.54) is 0 Å². The van der Waals surface area contributed by atoms with E-state index >= 15 is 0 Å². The van der Waals surface area contributed by atoms with Gasteiger partial charge in [0.05, 0.1) is 24.4 Å². The van der Waals surface area contributed by atoms with Crippen LogP contribution in [0.15, 0.2) is 60.8 Å². The van der Waals surface area contributed by atoms with E-state index in [1.807, 2.05) is 25.1 Å². The summed E-state index contributed by atoms with van der Waals surface area (Å²) in [7, 11) is 1.56. The largest absolute Gasteiger partial charge is 0.495 e. The first-order chi connectivity index (χ1) is 13.6. The van der Waals surface area contributed by atoms with Gasteiger partial charge in [-0.15, -0.1) is 0 Å². The average Bonchev–Trinajstić information content (AvgIpc) is 2.70. The Morgan fingerprint density at radius 3 is 2.61 bits per heavy atom. The summed E-state index contributed by atoms with van der Waals surface area (Å²) < 4.78 is 10.7. The Labute approximate surface area is 168 Å². The van der Waals surface area contributed by atoms with Gasteiger partial charge in [0.15, 0.2) is 0 Å². The second kappa shape index (κ2) is 9.10. The summed E-state index contributed by atoms with van der Waals surface area (Å²) in [5.74, 6) is 0.874. The number of ether oxygens (including phenoxy) is 2. The highest BCUT2D eigenvalue weighted by Crippen LogP contribution is 2.29. The maximum absolute atomic E-state index is 12.6. The Bertz CT molecular complexity index is 979. The number of anilines is 3. The summed E-state index contributed by atoms with van der Waals surface area (Å²) in [6.45, 7) is 2.40. The molecule has 0 spiro atoms. The molecule has 7 heteroatoms. The van der Waals surface area contributed by atoms with Crippen LogP contribution >= 0.6 is 11.6 Å². The van der Waals surface area contributed by atoms with Gasteiger partial charge in [-0.05, 0) is 49.4 Å². The Morgan fingerprint density at radius 2 is 1.86 bits per heavy atom. The highest BCUT2D eigenvalue weighted by Gasteiger charge is 2.12. The van der Waals surface area contributed by atoms with Crippen LogP contribution < -0.4 is 20.1 Å². The zero-order valence-electron chi connectivity index (χ0n) is 15.5. The highest BCUT2D eigenvalue weighted by molar-refractivity contribution is 6.32. The number of para-hydroxylation sites is 2. The van der Waals surface area contributed by atoms with Crippen molar-refractivity contribution in [2.24, 2.45) is 0 Å². The molecular weight excluding hydrogens is 378 g/mol. The number of halogens is 1. The van der Waals surface area contributed by atoms with Crippen LogP contribution in [-0.2, 0) is 0 Å². The molecule has 0 aliphatic carbocycles. The van der Waals surface area contributed by atoms with Crippen molar-refractivity contribution < 1.29 is 14.3 Å². The monoisotopic (exact) mass is 397 g/mol. The fraction of sp³-hybridized carbons (Fsp3) is 0.143. The van der Waals surface area contributed by atoms with E-state index in [0.717, 1.165) is 5.69 Å². The van der Waals surface area contributed by atoms with Crippen molar-refractivity contribution in [3.05, 3.63) is 71.5 Å². The molecule has 144 valence electrons. The first-order valence-electron chi connectivity index (χ1n) is 8.70. The van der Waals surface area contributed by atoms with Crippen molar-refractivity contribution in [1.29, 1.82) is 0 Å². The van der Waals surface area contributed by atoms with E-state index in [4.69, 9.17) is 21.1 Å². The van der Waals surface area contributed by atoms with E-state index in [1.54, 1.807) is 49.7 Å².